The third-order valence-electron chi connectivity index (χ3n) is 13.9. The minimum atomic E-state index is -2.06. The number of imidazole rings is 1. The van der Waals surface area contributed by atoms with Crippen LogP contribution in [0, 0.1) is 13.0 Å². The Morgan fingerprint density at radius 2 is 1.19 bits per heavy atom. The van der Waals surface area contributed by atoms with Crippen LogP contribution in [0.25, 0.3) is 71.8 Å². The fraction of sp³-hybridized carbons (Fsp3) is 0.306. The van der Waals surface area contributed by atoms with E-state index in [4.69, 9.17) is 15.0 Å². The molecule has 0 aliphatic carbocycles. The van der Waals surface area contributed by atoms with Gasteiger partial charge in [0.15, 0.2) is 0 Å². The Morgan fingerprint density at radius 1 is 0.586 bits per heavy atom. The van der Waals surface area contributed by atoms with Gasteiger partial charge in [0.1, 0.15) is 26.0 Å². The average molecular weight is 1140 g/mol. The summed E-state index contributed by atoms with van der Waals surface area (Å²) in [5.74, 6) is 0.936. The molecular formula is C62H67N4OPtSSi-. The van der Waals surface area contributed by atoms with Gasteiger partial charge in [0.2, 0.25) is 0 Å². The van der Waals surface area contributed by atoms with Crippen LogP contribution in [0.4, 0.5) is 0 Å². The number of phenols is 1. The first kappa shape index (κ1) is 50.9. The van der Waals surface area contributed by atoms with E-state index in [1.807, 2.05) is 11.3 Å². The first-order chi connectivity index (χ1) is 32.3. The number of fused-ring (bicyclic) bond motifs is 2. The summed E-state index contributed by atoms with van der Waals surface area (Å²) < 4.78 is 4.80. The molecule has 8 heteroatoms. The Kier molecular flexibility index (Phi) is 13.3. The molecule has 0 saturated carbocycles. The van der Waals surface area contributed by atoms with Gasteiger partial charge >= 0.3 is 0 Å². The maximum Gasteiger partial charge on any atom is 0.148 e. The van der Waals surface area contributed by atoms with Crippen molar-refractivity contribution in [2.24, 2.45) is 0 Å². The normalized spacial score (nSPS) is 12.7. The van der Waals surface area contributed by atoms with E-state index in [1.54, 1.807) is 6.33 Å². The Labute approximate surface area is 435 Å². The smallest absolute Gasteiger partial charge is 0.148 e. The van der Waals surface area contributed by atoms with Crippen LogP contribution in [0.5, 0.6) is 5.75 Å². The van der Waals surface area contributed by atoms with Crippen molar-refractivity contribution in [3.63, 3.8) is 0 Å². The second-order valence-electron chi connectivity index (χ2n) is 23.6. The summed E-state index contributed by atoms with van der Waals surface area (Å²) in [4.78, 5) is 15.7. The predicted octanol–water partition coefficient (Wildman–Crippen LogP) is 15.5. The molecule has 3 heterocycles. The number of nitrogens with zero attached hydrogens (tertiary/aromatic N) is 4. The number of hydrogen-bond donors (Lipinski definition) is 1. The zero-order chi connectivity index (χ0) is 49.6. The van der Waals surface area contributed by atoms with Crippen molar-refractivity contribution in [1.29, 1.82) is 0 Å². The molecule has 0 aliphatic heterocycles. The molecule has 0 atom stereocenters. The van der Waals surface area contributed by atoms with Crippen LogP contribution >= 0.6 is 11.3 Å². The Balaban J connectivity index is 0.00000659. The van der Waals surface area contributed by atoms with Crippen molar-refractivity contribution in [3.8, 4) is 56.3 Å². The second kappa shape index (κ2) is 18.3. The van der Waals surface area contributed by atoms with Crippen molar-refractivity contribution in [3.05, 3.63) is 162 Å². The SMILES string of the molecule is Cc1c([Si](C)(C)c2ccccc2)sc2c(-c3[c-]c(-c4cccc5c4nc(-c4cc(C(C)(C)C)cc(C(C)(C)C)c4O)n5-c4ccc(C(C)(C)C)cc4-c4ccccc4)cc(C(C)(C)C)c3)ncnc12.[Pt]. The molecule has 6 aromatic carbocycles. The van der Waals surface area contributed by atoms with Crippen LogP contribution in [0.15, 0.2) is 128 Å². The Hall–Kier alpha value is -5.46. The van der Waals surface area contributed by atoms with E-state index >= 15 is 0 Å². The van der Waals surface area contributed by atoms with Crippen molar-refractivity contribution < 1.29 is 26.2 Å². The summed E-state index contributed by atoms with van der Waals surface area (Å²) in [5.41, 5.74) is 15.3. The molecule has 362 valence electrons. The van der Waals surface area contributed by atoms with Crippen LogP contribution in [0.2, 0.25) is 13.1 Å². The number of para-hydroxylation sites is 1. The monoisotopic (exact) mass is 1140 g/mol. The van der Waals surface area contributed by atoms with Gasteiger partial charge in [0.25, 0.3) is 0 Å². The topological polar surface area (TPSA) is 63.8 Å². The number of aryl methyl sites for hydroxylation is 1. The van der Waals surface area contributed by atoms with E-state index in [-0.39, 0.29) is 48.5 Å². The predicted molar refractivity (Wildman–Crippen MR) is 297 cm³/mol. The van der Waals surface area contributed by atoms with Crippen LogP contribution in [0.3, 0.4) is 0 Å². The number of phenolic OH excluding ortho intramolecular Hbond substituents is 1. The summed E-state index contributed by atoms with van der Waals surface area (Å²) in [5, 5.41) is 14.0. The van der Waals surface area contributed by atoms with Crippen molar-refractivity contribution in [2.45, 2.75) is 125 Å². The molecule has 3 aromatic heterocycles. The second-order valence-corrected chi connectivity index (χ2v) is 29.3. The molecule has 0 fully saturated rings. The molecule has 70 heavy (non-hydrogen) atoms. The van der Waals surface area contributed by atoms with E-state index < -0.39 is 8.07 Å². The quantitative estimate of drug-likeness (QED) is 0.128. The molecule has 9 rings (SSSR count). The maximum atomic E-state index is 12.6. The van der Waals surface area contributed by atoms with Gasteiger partial charge < -0.3 is 5.11 Å². The summed E-state index contributed by atoms with van der Waals surface area (Å²) in [7, 11) is -2.06. The minimum Gasteiger partial charge on any atom is -0.507 e. The van der Waals surface area contributed by atoms with E-state index in [0.717, 1.165) is 71.6 Å². The van der Waals surface area contributed by atoms with Gasteiger partial charge in [-0.05, 0) is 75.1 Å². The molecule has 9 aromatic rings. The molecule has 0 amide bonds. The summed E-state index contributed by atoms with van der Waals surface area (Å²) >= 11 is 1.85. The van der Waals surface area contributed by atoms with E-state index in [1.165, 1.54) is 26.4 Å². The van der Waals surface area contributed by atoms with Gasteiger partial charge in [0, 0.05) is 47.1 Å². The number of rotatable bonds is 7. The molecule has 0 radical (unpaired) electrons. The van der Waals surface area contributed by atoms with E-state index in [2.05, 4.69) is 235 Å². The molecule has 0 saturated heterocycles. The van der Waals surface area contributed by atoms with Crippen LogP contribution in [-0.2, 0) is 42.7 Å². The van der Waals surface area contributed by atoms with Gasteiger partial charge in [-0.1, -0.05) is 197 Å². The number of aromatic hydroxyl groups is 1. The van der Waals surface area contributed by atoms with E-state index in [0.29, 0.717) is 11.4 Å². The molecule has 0 unspecified atom stereocenters. The first-order valence-corrected chi connectivity index (χ1v) is 28.1. The number of aromatic nitrogens is 4. The van der Waals surface area contributed by atoms with Gasteiger partial charge in [0.05, 0.1) is 27.8 Å². The number of thiophene rings is 1. The zero-order valence-electron chi connectivity index (χ0n) is 43.6. The van der Waals surface area contributed by atoms with E-state index in [9.17, 15) is 5.11 Å². The third kappa shape index (κ3) is 9.30. The van der Waals surface area contributed by atoms with Crippen LogP contribution < -0.4 is 9.69 Å². The van der Waals surface area contributed by atoms with Crippen molar-refractivity contribution in [2.75, 3.05) is 0 Å². The summed E-state index contributed by atoms with van der Waals surface area (Å²) in [6.07, 6.45) is 1.73. The molecule has 0 spiro atoms. The number of hydrogen-bond acceptors (Lipinski definition) is 5. The molecule has 5 nitrogen and oxygen atoms in total. The minimum absolute atomic E-state index is 0. The zero-order valence-corrected chi connectivity index (χ0v) is 47.7. The van der Waals surface area contributed by atoms with Gasteiger partial charge in [-0.25, -0.2) is 9.97 Å². The third-order valence-corrected chi connectivity index (χ3v) is 20.2. The molecule has 0 bridgehead atoms. The Morgan fingerprint density at radius 3 is 1.81 bits per heavy atom. The van der Waals surface area contributed by atoms with Crippen molar-refractivity contribution >= 4 is 50.3 Å². The average Bonchev–Trinajstić information content (AvgIpc) is 3.86. The molecule has 0 aliphatic rings. The largest absolute Gasteiger partial charge is 0.507 e. The number of benzene rings is 6. The van der Waals surface area contributed by atoms with Crippen LogP contribution in [-0.4, -0.2) is 32.7 Å². The van der Waals surface area contributed by atoms with Crippen molar-refractivity contribution in [1.82, 2.24) is 19.5 Å². The summed E-state index contributed by atoms with van der Waals surface area (Å²) in [6, 6.07) is 47.8. The van der Waals surface area contributed by atoms with Gasteiger partial charge in [-0.15, -0.1) is 40.7 Å². The fourth-order valence-corrected chi connectivity index (χ4v) is 14.7. The van der Waals surface area contributed by atoms with Crippen LogP contribution in [0.1, 0.15) is 111 Å². The Bertz CT molecular complexity index is 3410. The summed E-state index contributed by atoms with van der Waals surface area (Å²) in [6.45, 7) is 33.9. The standard InChI is InChI=1S/C62H67N4OSSi.Pt/c1-38-52-56(68-58(38)69(14,15)45-25-20-17-21-26-45)53(64-37-63-52)41-31-40(32-43(33-41)60(5,6)7)46-27-22-28-51-54(46)65-57(48-35-44(61(8,9)10)36-49(55(48)67)62(11,12)13)66(51)50-30-29-42(59(2,3)4)34-47(50)39-23-18-16-19-24-39;/h16-30,32-37,67H,1-15H3;/q-1;. The van der Waals surface area contributed by atoms with Gasteiger partial charge in [-0.3, -0.25) is 9.55 Å². The first-order valence-electron chi connectivity index (χ1n) is 24.3. The molecule has 1 N–H and O–H groups in total. The fourth-order valence-electron chi connectivity index (χ4n) is 9.67. The maximum absolute atomic E-state index is 12.6. The molecular weight excluding hydrogens is 1070 g/mol. The van der Waals surface area contributed by atoms with Gasteiger partial charge in [-0.2, -0.15) is 0 Å².